The van der Waals surface area contributed by atoms with E-state index in [1.165, 1.54) is 12.0 Å². The molecule has 2 aromatic rings. The SMILES string of the molecule is COC(=O)CN(Cc1ccccc1)C(=O)C1CC(=O)N(Cc2ccc(C)cc2)C1. The number of hydrogen-bond donors (Lipinski definition) is 0. The van der Waals surface area contributed by atoms with Crippen LogP contribution in [0.2, 0.25) is 0 Å². The van der Waals surface area contributed by atoms with Gasteiger partial charge in [0.2, 0.25) is 11.8 Å². The number of likely N-dealkylation sites (tertiary alicyclic amines) is 1. The number of nitrogens with zero attached hydrogens (tertiary/aromatic N) is 2. The predicted octanol–water partition coefficient (Wildman–Crippen LogP) is 2.55. The Labute approximate surface area is 171 Å². The van der Waals surface area contributed by atoms with Crippen LogP contribution in [-0.2, 0) is 32.2 Å². The van der Waals surface area contributed by atoms with Gasteiger partial charge in [0.1, 0.15) is 6.54 Å². The Bertz CT molecular complexity index is 864. The number of ether oxygens (including phenoxy) is 1. The fraction of sp³-hybridized carbons (Fsp3) is 0.348. The Morgan fingerprint density at radius 1 is 1.07 bits per heavy atom. The van der Waals surface area contributed by atoms with Crippen LogP contribution < -0.4 is 0 Å². The predicted molar refractivity (Wildman–Crippen MR) is 109 cm³/mol. The minimum atomic E-state index is -0.477. The zero-order valence-corrected chi connectivity index (χ0v) is 16.8. The van der Waals surface area contributed by atoms with Crippen molar-refractivity contribution in [3.8, 4) is 0 Å². The van der Waals surface area contributed by atoms with Crippen LogP contribution in [0.3, 0.4) is 0 Å². The number of hydrogen-bond acceptors (Lipinski definition) is 4. The van der Waals surface area contributed by atoms with Gasteiger partial charge in [-0.1, -0.05) is 60.2 Å². The summed E-state index contributed by atoms with van der Waals surface area (Å²) in [7, 11) is 1.30. The van der Waals surface area contributed by atoms with Gasteiger partial charge in [0.15, 0.2) is 0 Å². The Balaban J connectivity index is 1.69. The molecule has 1 aliphatic rings. The van der Waals surface area contributed by atoms with E-state index in [9.17, 15) is 14.4 Å². The van der Waals surface area contributed by atoms with Crippen LogP contribution in [0.25, 0.3) is 0 Å². The molecule has 1 saturated heterocycles. The second-order valence-electron chi connectivity index (χ2n) is 7.42. The monoisotopic (exact) mass is 394 g/mol. The van der Waals surface area contributed by atoms with Crippen LogP contribution in [0, 0.1) is 12.8 Å². The van der Waals surface area contributed by atoms with Gasteiger partial charge in [-0.25, -0.2) is 0 Å². The summed E-state index contributed by atoms with van der Waals surface area (Å²) < 4.78 is 4.75. The molecule has 2 amide bonds. The second-order valence-corrected chi connectivity index (χ2v) is 7.42. The minimum absolute atomic E-state index is 0.0401. The van der Waals surface area contributed by atoms with Crippen molar-refractivity contribution >= 4 is 17.8 Å². The number of methoxy groups -OCH3 is 1. The maximum atomic E-state index is 13.1. The van der Waals surface area contributed by atoms with Crippen molar-refractivity contribution in [2.45, 2.75) is 26.4 Å². The summed E-state index contributed by atoms with van der Waals surface area (Å²) in [5.41, 5.74) is 3.12. The Kier molecular flexibility index (Phi) is 6.65. The highest BCUT2D eigenvalue weighted by Gasteiger charge is 2.37. The fourth-order valence-electron chi connectivity index (χ4n) is 3.50. The molecule has 6 nitrogen and oxygen atoms in total. The van der Waals surface area contributed by atoms with Gasteiger partial charge in [0, 0.05) is 26.1 Å². The summed E-state index contributed by atoms with van der Waals surface area (Å²) in [6, 6.07) is 17.5. The van der Waals surface area contributed by atoms with E-state index in [2.05, 4.69) is 0 Å². The summed E-state index contributed by atoms with van der Waals surface area (Å²) in [4.78, 5) is 40.6. The molecule has 0 aromatic heterocycles. The van der Waals surface area contributed by atoms with Crippen molar-refractivity contribution in [2.75, 3.05) is 20.2 Å². The van der Waals surface area contributed by atoms with Crippen molar-refractivity contribution in [3.05, 3.63) is 71.3 Å². The maximum Gasteiger partial charge on any atom is 0.325 e. The van der Waals surface area contributed by atoms with Crippen LogP contribution in [0.1, 0.15) is 23.1 Å². The van der Waals surface area contributed by atoms with Crippen LogP contribution in [-0.4, -0.2) is 47.8 Å². The van der Waals surface area contributed by atoms with Gasteiger partial charge >= 0.3 is 5.97 Å². The first-order chi connectivity index (χ1) is 14.0. The minimum Gasteiger partial charge on any atom is -0.468 e. The third kappa shape index (κ3) is 5.44. The van der Waals surface area contributed by atoms with E-state index >= 15 is 0 Å². The lowest BCUT2D eigenvalue weighted by atomic mass is 10.1. The van der Waals surface area contributed by atoms with E-state index in [1.54, 1.807) is 4.90 Å². The quantitative estimate of drug-likeness (QED) is 0.677. The molecule has 1 aliphatic heterocycles. The van der Waals surface area contributed by atoms with Crippen molar-refractivity contribution in [3.63, 3.8) is 0 Å². The van der Waals surface area contributed by atoms with Crippen LogP contribution >= 0.6 is 0 Å². The summed E-state index contributed by atoms with van der Waals surface area (Å²) in [5, 5.41) is 0. The average Bonchev–Trinajstić information content (AvgIpc) is 3.09. The van der Waals surface area contributed by atoms with Gasteiger partial charge in [0.05, 0.1) is 13.0 Å². The second kappa shape index (κ2) is 9.37. The third-order valence-electron chi connectivity index (χ3n) is 5.13. The molecule has 3 rings (SSSR count). The van der Waals surface area contributed by atoms with Crippen molar-refractivity contribution in [1.29, 1.82) is 0 Å². The van der Waals surface area contributed by atoms with Crippen LogP contribution in [0.4, 0.5) is 0 Å². The highest BCUT2D eigenvalue weighted by molar-refractivity contribution is 5.90. The highest BCUT2D eigenvalue weighted by Crippen LogP contribution is 2.23. The molecule has 0 aliphatic carbocycles. The largest absolute Gasteiger partial charge is 0.468 e. The molecule has 1 heterocycles. The maximum absolute atomic E-state index is 13.1. The van der Waals surface area contributed by atoms with Gasteiger partial charge in [0.25, 0.3) is 0 Å². The topological polar surface area (TPSA) is 66.9 Å². The van der Waals surface area contributed by atoms with E-state index in [4.69, 9.17) is 4.74 Å². The molecule has 0 spiro atoms. The number of carbonyl (C=O) groups excluding carboxylic acids is 3. The van der Waals surface area contributed by atoms with E-state index in [-0.39, 0.29) is 24.8 Å². The van der Waals surface area contributed by atoms with Gasteiger partial charge in [-0.15, -0.1) is 0 Å². The molecule has 0 bridgehead atoms. The molecule has 1 fully saturated rings. The molecule has 2 aromatic carbocycles. The molecule has 0 saturated carbocycles. The van der Waals surface area contributed by atoms with E-state index in [1.807, 2.05) is 61.5 Å². The molecule has 152 valence electrons. The fourth-order valence-corrected chi connectivity index (χ4v) is 3.50. The van der Waals surface area contributed by atoms with Gasteiger partial charge in [-0.05, 0) is 18.1 Å². The van der Waals surface area contributed by atoms with E-state index in [0.29, 0.717) is 19.6 Å². The summed E-state index contributed by atoms with van der Waals surface area (Å²) in [5.74, 6) is -1.17. The van der Waals surface area contributed by atoms with Crippen molar-refractivity contribution in [2.24, 2.45) is 5.92 Å². The molecule has 0 radical (unpaired) electrons. The highest BCUT2D eigenvalue weighted by atomic mass is 16.5. The number of esters is 1. The van der Waals surface area contributed by atoms with E-state index < -0.39 is 11.9 Å². The molecule has 0 N–H and O–H groups in total. The number of aryl methyl sites for hydroxylation is 1. The van der Waals surface area contributed by atoms with Crippen molar-refractivity contribution in [1.82, 2.24) is 9.80 Å². The number of amides is 2. The molecule has 1 atom stereocenters. The van der Waals surface area contributed by atoms with Gasteiger partial charge < -0.3 is 14.5 Å². The Morgan fingerprint density at radius 2 is 1.76 bits per heavy atom. The molecule has 1 unspecified atom stereocenters. The van der Waals surface area contributed by atoms with Crippen LogP contribution in [0.5, 0.6) is 0 Å². The standard InChI is InChI=1S/C23H26N2O4/c1-17-8-10-19(11-9-17)13-24-15-20(12-21(24)26)23(28)25(16-22(27)29-2)14-18-6-4-3-5-7-18/h3-11,20H,12-16H2,1-2H3. The zero-order valence-electron chi connectivity index (χ0n) is 16.8. The van der Waals surface area contributed by atoms with Crippen molar-refractivity contribution < 1.29 is 19.1 Å². The summed E-state index contributed by atoms with van der Waals surface area (Å²) in [6.07, 6.45) is 0.164. The zero-order chi connectivity index (χ0) is 20.8. The smallest absolute Gasteiger partial charge is 0.325 e. The molecule has 29 heavy (non-hydrogen) atoms. The van der Waals surface area contributed by atoms with Crippen LogP contribution in [0.15, 0.2) is 54.6 Å². The summed E-state index contributed by atoms with van der Waals surface area (Å²) >= 11 is 0. The number of rotatable bonds is 7. The normalized spacial score (nSPS) is 16.0. The number of carbonyl (C=O) groups is 3. The first kappa shape index (κ1) is 20.6. The average molecular weight is 394 g/mol. The Morgan fingerprint density at radius 3 is 2.41 bits per heavy atom. The molecular formula is C23H26N2O4. The third-order valence-corrected chi connectivity index (χ3v) is 5.13. The lowest BCUT2D eigenvalue weighted by Crippen LogP contribution is -2.40. The first-order valence-electron chi connectivity index (χ1n) is 9.69. The molecule has 6 heteroatoms. The lowest BCUT2D eigenvalue weighted by molar-refractivity contribution is -0.148. The van der Waals surface area contributed by atoms with E-state index in [0.717, 1.165) is 16.7 Å². The van der Waals surface area contributed by atoms with Gasteiger partial charge in [-0.3, -0.25) is 14.4 Å². The lowest BCUT2D eigenvalue weighted by Gasteiger charge is -2.25. The summed E-state index contributed by atoms with van der Waals surface area (Å²) in [6.45, 7) is 3.03. The van der Waals surface area contributed by atoms with Gasteiger partial charge in [-0.2, -0.15) is 0 Å². The Hall–Kier alpha value is -3.15. The number of benzene rings is 2. The first-order valence-corrected chi connectivity index (χ1v) is 9.69. The molecular weight excluding hydrogens is 368 g/mol.